The van der Waals surface area contributed by atoms with Crippen LogP contribution < -0.4 is 0 Å². The van der Waals surface area contributed by atoms with E-state index in [2.05, 4.69) is 85.2 Å². The SMILES string of the molecule is CC/C=C\C/C=C\C/C=C\C/C=C\C/C=C\C/C=C\CCC(=O)O[C@H](COC(=O)CCCC(O)/C=C/C=C/C/C=C/CCCCCCCC)COP(=O)(O)OC[C@@H](O)CO. The summed E-state index contributed by atoms with van der Waals surface area (Å²) in [5, 5.41) is 28.6. The van der Waals surface area contributed by atoms with Gasteiger partial charge in [0.15, 0.2) is 6.10 Å². The normalized spacial score (nSPS) is 15.4. The fraction of sp³-hybridized carbons (Fsp3) is 0.583. The number of carbonyl (C=O) groups excluding carboxylic acids is 2. The standard InChI is InChI=1S/C48H77O11P/c1-3-5-7-9-11-13-15-17-18-19-20-21-22-24-26-28-30-32-34-38-48(53)59-46(43-58-60(54,55)57-41-45(51)40-49)42-56-47(52)39-35-37-44(50)36-33-31-29-27-25-23-16-14-12-10-8-6-4-2/h5,7,11,13,17-18,20-21,23-26,29-33,36,44-46,49-51H,3-4,6,8-10,12,14-16,19,22,27-28,34-35,37-43H2,1-2H3,(H,54,55)/b7-5-,13-11-,18-17-,21-20-,25-23+,26-24-,31-29+,32-30-,36-33+/t44?,45-,46+/m0/s1. The molecule has 0 aliphatic heterocycles. The third-order valence-electron chi connectivity index (χ3n) is 8.53. The quantitative estimate of drug-likeness (QED) is 0.0153. The summed E-state index contributed by atoms with van der Waals surface area (Å²) < 4.78 is 32.5. The van der Waals surface area contributed by atoms with Gasteiger partial charge in [0, 0.05) is 12.8 Å². The Morgan fingerprint density at radius 2 is 1.12 bits per heavy atom. The second kappa shape index (κ2) is 42.3. The number of ether oxygens (including phenoxy) is 2. The van der Waals surface area contributed by atoms with E-state index in [0.717, 1.165) is 44.9 Å². The molecule has 0 saturated carbocycles. The summed E-state index contributed by atoms with van der Waals surface area (Å²) in [7, 11) is -4.69. The predicted molar refractivity (Wildman–Crippen MR) is 243 cm³/mol. The molecular formula is C48H77O11P. The number of aliphatic hydroxyl groups is 3. The lowest BCUT2D eigenvalue weighted by Gasteiger charge is -2.20. The Morgan fingerprint density at radius 1 is 0.583 bits per heavy atom. The molecule has 0 aliphatic carbocycles. The highest BCUT2D eigenvalue weighted by atomic mass is 31.2. The Bertz CT molecular complexity index is 1380. The summed E-state index contributed by atoms with van der Waals surface area (Å²) in [6.07, 6.45) is 49.6. The Kier molecular flexibility index (Phi) is 39.9. The van der Waals surface area contributed by atoms with Gasteiger partial charge < -0.3 is 29.7 Å². The monoisotopic (exact) mass is 861 g/mol. The minimum absolute atomic E-state index is 0.00496. The van der Waals surface area contributed by atoms with Crippen LogP contribution in [0.3, 0.4) is 0 Å². The Hall–Kier alpha value is -3.41. The second-order valence-electron chi connectivity index (χ2n) is 14.2. The topological polar surface area (TPSA) is 169 Å². The summed E-state index contributed by atoms with van der Waals surface area (Å²) in [5.41, 5.74) is 0. The number of phosphoric ester groups is 1. The fourth-order valence-electron chi connectivity index (χ4n) is 5.14. The van der Waals surface area contributed by atoms with Gasteiger partial charge in [0.25, 0.3) is 0 Å². The maximum Gasteiger partial charge on any atom is 0.472 e. The highest BCUT2D eigenvalue weighted by Crippen LogP contribution is 2.43. The highest BCUT2D eigenvalue weighted by Gasteiger charge is 2.27. The summed E-state index contributed by atoms with van der Waals surface area (Å²) in [6, 6.07) is 0. The van der Waals surface area contributed by atoms with Crippen molar-refractivity contribution >= 4 is 19.8 Å². The number of aliphatic hydroxyl groups excluding tert-OH is 3. The zero-order valence-electron chi connectivity index (χ0n) is 36.5. The number of phosphoric acid groups is 1. The minimum Gasteiger partial charge on any atom is -0.462 e. The van der Waals surface area contributed by atoms with Crippen molar-refractivity contribution in [1.82, 2.24) is 0 Å². The Morgan fingerprint density at radius 3 is 1.72 bits per heavy atom. The molecule has 0 aromatic carbocycles. The third-order valence-corrected chi connectivity index (χ3v) is 9.48. The molecule has 2 unspecified atom stereocenters. The lowest BCUT2D eigenvalue weighted by Crippen LogP contribution is -2.29. The summed E-state index contributed by atoms with van der Waals surface area (Å²) in [6.45, 7) is 1.93. The highest BCUT2D eigenvalue weighted by molar-refractivity contribution is 7.47. The summed E-state index contributed by atoms with van der Waals surface area (Å²) in [4.78, 5) is 35.0. The zero-order valence-corrected chi connectivity index (χ0v) is 37.4. The molecule has 0 spiro atoms. The van der Waals surface area contributed by atoms with E-state index in [9.17, 15) is 29.3 Å². The van der Waals surface area contributed by atoms with Crippen LogP contribution in [0.25, 0.3) is 0 Å². The van der Waals surface area contributed by atoms with Crippen LogP contribution in [0.1, 0.15) is 136 Å². The minimum atomic E-state index is -4.69. The van der Waals surface area contributed by atoms with Gasteiger partial charge in [0.2, 0.25) is 0 Å². The van der Waals surface area contributed by atoms with Crippen molar-refractivity contribution in [2.45, 2.75) is 154 Å². The van der Waals surface area contributed by atoms with Crippen molar-refractivity contribution in [3.8, 4) is 0 Å². The first-order valence-electron chi connectivity index (χ1n) is 22.0. The van der Waals surface area contributed by atoms with E-state index >= 15 is 0 Å². The van der Waals surface area contributed by atoms with Crippen molar-refractivity contribution in [3.63, 3.8) is 0 Å². The molecule has 0 rings (SSSR count). The van der Waals surface area contributed by atoms with Crippen LogP contribution in [0.2, 0.25) is 0 Å². The Balaban J connectivity index is 4.62. The van der Waals surface area contributed by atoms with Crippen LogP contribution in [0.15, 0.2) is 109 Å². The molecule has 0 heterocycles. The average molecular weight is 861 g/mol. The molecule has 60 heavy (non-hydrogen) atoms. The van der Waals surface area contributed by atoms with Crippen LogP contribution >= 0.6 is 7.82 Å². The van der Waals surface area contributed by atoms with Crippen molar-refractivity contribution < 1.29 is 52.9 Å². The molecule has 4 atom stereocenters. The van der Waals surface area contributed by atoms with Crippen LogP contribution in [-0.4, -0.2) is 76.9 Å². The molecule has 12 heteroatoms. The first-order valence-corrected chi connectivity index (χ1v) is 23.4. The number of carbonyl (C=O) groups is 2. The first kappa shape index (κ1) is 56.6. The van der Waals surface area contributed by atoms with Gasteiger partial charge in [-0.25, -0.2) is 4.57 Å². The third kappa shape index (κ3) is 41.3. The summed E-state index contributed by atoms with van der Waals surface area (Å²) in [5.74, 6) is -1.23. The predicted octanol–water partition coefficient (Wildman–Crippen LogP) is 10.7. The molecule has 340 valence electrons. The molecule has 0 aromatic heterocycles. The largest absolute Gasteiger partial charge is 0.472 e. The van der Waals surface area contributed by atoms with E-state index in [-0.39, 0.29) is 12.8 Å². The molecule has 0 bridgehead atoms. The van der Waals surface area contributed by atoms with Crippen molar-refractivity contribution in [2.75, 3.05) is 26.4 Å². The van der Waals surface area contributed by atoms with Gasteiger partial charge in [-0.05, 0) is 77.0 Å². The fourth-order valence-corrected chi connectivity index (χ4v) is 5.93. The number of rotatable bonds is 39. The molecule has 0 radical (unpaired) electrons. The number of hydrogen-bond acceptors (Lipinski definition) is 10. The van der Waals surface area contributed by atoms with Gasteiger partial charge in [-0.3, -0.25) is 18.6 Å². The number of allylic oxidation sites excluding steroid dienone is 17. The molecular weight excluding hydrogens is 783 g/mol. The van der Waals surface area contributed by atoms with Crippen LogP contribution in [0.5, 0.6) is 0 Å². The van der Waals surface area contributed by atoms with Gasteiger partial charge in [-0.1, -0.05) is 155 Å². The lowest BCUT2D eigenvalue weighted by molar-refractivity contribution is -0.161. The van der Waals surface area contributed by atoms with E-state index in [4.69, 9.17) is 19.1 Å². The second-order valence-corrected chi connectivity index (χ2v) is 15.6. The molecule has 0 amide bonds. The summed E-state index contributed by atoms with van der Waals surface area (Å²) >= 11 is 0. The lowest BCUT2D eigenvalue weighted by atomic mass is 10.1. The van der Waals surface area contributed by atoms with E-state index in [1.807, 2.05) is 30.4 Å². The van der Waals surface area contributed by atoms with E-state index < -0.39 is 64.5 Å². The average Bonchev–Trinajstić information content (AvgIpc) is 3.23. The van der Waals surface area contributed by atoms with Crippen molar-refractivity contribution in [1.29, 1.82) is 0 Å². The van der Waals surface area contributed by atoms with E-state index in [1.54, 1.807) is 12.2 Å². The number of unbranched alkanes of at least 4 members (excludes halogenated alkanes) is 6. The van der Waals surface area contributed by atoms with Gasteiger partial charge in [0.1, 0.15) is 12.7 Å². The molecule has 0 fully saturated rings. The van der Waals surface area contributed by atoms with E-state index in [1.165, 1.54) is 38.5 Å². The van der Waals surface area contributed by atoms with Crippen LogP contribution in [0, 0.1) is 0 Å². The number of hydrogen-bond donors (Lipinski definition) is 4. The first-order chi connectivity index (χ1) is 29.1. The van der Waals surface area contributed by atoms with E-state index in [0.29, 0.717) is 25.7 Å². The van der Waals surface area contributed by atoms with Gasteiger partial charge in [-0.2, -0.15) is 0 Å². The van der Waals surface area contributed by atoms with Crippen LogP contribution in [0.4, 0.5) is 0 Å². The van der Waals surface area contributed by atoms with Crippen molar-refractivity contribution in [2.24, 2.45) is 0 Å². The van der Waals surface area contributed by atoms with Crippen molar-refractivity contribution in [3.05, 3.63) is 109 Å². The smallest absolute Gasteiger partial charge is 0.462 e. The molecule has 0 saturated heterocycles. The van der Waals surface area contributed by atoms with Crippen LogP contribution in [-0.2, 0) is 32.7 Å². The zero-order chi connectivity index (χ0) is 44.2. The maximum atomic E-state index is 12.6. The van der Waals surface area contributed by atoms with Gasteiger partial charge in [-0.15, -0.1) is 0 Å². The Labute approximate surface area is 361 Å². The molecule has 0 aliphatic rings. The maximum absolute atomic E-state index is 12.6. The number of esters is 2. The van der Waals surface area contributed by atoms with Gasteiger partial charge in [0.05, 0.1) is 25.9 Å². The van der Waals surface area contributed by atoms with Gasteiger partial charge >= 0.3 is 19.8 Å². The molecule has 0 aromatic rings. The molecule has 4 N–H and O–H groups in total. The molecule has 11 nitrogen and oxygen atoms in total.